The van der Waals surface area contributed by atoms with Crippen LogP contribution in [0.4, 0.5) is 0 Å². The molecule has 0 spiro atoms. The zero-order chi connectivity index (χ0) is 25.0. The third-order valence-electron chi connectivity index (χ3n) is 7.63. The topological polar surface area (TPSA) is 22.3 Å². The molecule has 1 saturated heterocycles. The molecule has 3 nitrogen and oxygen atoms in total. The summed E-state index contributed by atoms with van der Waals surface area (Å²) in [5, 5.41) is 2.12. The summed E-state index contributed by atoms with van der Waals surface area (Å²) < 4.78 is 0. The van der Waals surface area contributed by atoms with Crippen molar-refractivity contribution >= 4 is 22.5 Å². The molecule has 6 rings (SSSR count). The normalized spacial score (nSPS) is 15.7. The molecular formula is C33H32ClN3. The summed E-state index contributed by atoms with van der Waals surface area (Å²) in [5.74, 6) is 0. The lowest BCUT2D eigenvalue weighted by molar-refractivity contribution is 0.110. The maximum Gasteiger partial charge on any atom is 0.0602 e. The maximum atomic E-state index is 6.21. The lowest BCUT2D eigenvalue weighted by atomic mass is 9.96. The Morgan fingerprint density at radius 3 is 2.03 bits per heavy atom. The average Bonchev–Trinajstić information content (AvgIpc) is 3.33. The van der Waals surface area contributed by atoms with Gasteiger partial charge in [-0.15, -0.1) is 0 Å². The van der Waals surface area contributed by atoms with Crippen molar-refractivity contribution in [1.29, 1.82) is 0 Å². The third-order valence-corrected chi connectivity index (χ3v) is 7.88. The summed E-state index contributed by atoms with van der Waals surface area (Å²) in [4.78, 5) is 8.94. The first-order valence-electron chi connectivity index (χ1n) is 13.2. The van der Waals surface area contributed by atoms with E-state index in [0.717, 1.165) is 44.2 Å². The molecule has 1 atom stereocenters. The number of hydrogen-bond donors (Lipinski definition) is 1. The molecule has 4 heteroatoms. The standard InChI is InChI=1S/C33H32ClN3/c34-28-17-15-27(16-18-28)33(26-11-5-2-6-12-26)37-23-21-36(22-24-37)20-19-30-29-13-7-8-14-31(29)35-32(30)25-9-3-1-4-10-25/h1-18,33,35H,19-24H2. The van der Waals surface area contributed by atoms with Gasteiger partial charge >= 0.3 is 0 Å². The van der Waals surface area contributed by atoms with Crippen molar-refractivity contribution < 1.29 is 0 Å². The molecule has 5 aromatic rings. The Labute approximate surface area is 224 Å². The first-order valence-corrected chi connectivity index (χ1v) is 13.6. The van der Waals surface area contributed by atoms with Crippen LogP contribution in [0.2, 0.25) is 5.02 Å². The van der Waals surface area contributed by atoms with Gasteiger partial charge in [-0.2, -0.15) is 0 Å². The Morgan fingerprint density at radius 2 is 1.30 bits per heavy atom. The van der Waals surface area contributed by atoms with E-state index in [1.807, 2.05) is 12.1 Å². The lowest BCUT2D eigenvalue weighted by Crippen LogP contribution is -2.48. The predicted molar refractivity (Wildman–Crippen MR) is 155 cm³/mol. The molecule has 1 aliphatic rings. The summed E-state index contributed by atoms with van der Waals surface area (Å²) in [5.41, 5.74) is 7.79. The number of para-hydroxylation sites is 1. The molecule has 1 fully saturated rings. The summed E-state index contributed by atoms with van der Waals surface area (Å²) in [6, 6.07) is 38.9. The van der Waals surface area contributed by atoms with Crippen molar-refractivity contribution in [2.45, 2.75) is 12.5 Å². The highest BCUT2D eigenvalue weighted by molar-refractivity contribution is 6.30. The molecule has 0 bridgehead atoms. The van der Waals surface area contributed by atoms with E-state index in [1.54, 1.807) is 0 Å². The van der Waals surface area contributed by atoms with Crippen molar-refractivity contribution in [2.24, 2.45) is 0 Å². The predicted octanol–water partition coefficient (Wildman–Crippen LogP) is 7.44. The van der Waals surface area contributed by atoms with Crippen molar-refractivity contribution in [3.05, 3.63) is 131 Å². The summed E-state index contributed by atoms with van der Waals surface area (Å²) in [6.45, 7) is 5.29. The second kappa shape index (κ2) is 10.9. The second-order valence-corrected chi connectivity index (χ2v) is 10.3. The van der Waals surface area contributed by atoms with Crippen LogP contribution in [0.15, 0.2) is 109 Å². The highest BCUT2D eigenvalue weighted by atomic mass is 35.5. The highest BCUT2D eigenvalue weighted by Gasteiger charge is 2.26. The van der Waals surface area contributed by atoms with E-state index in [9.17, 15) is 0 Å². The number of nitrogens with one attached hydrogen (secondary N) is 1. The Bertz CT molecular complexity index is 1440. The lowest BCUT2D eigenvalue weighted by Gasteiger charge is -2.40. The van der Waals surface area contributed by atoms with Crippen molar-refractivity contribution in [2.75, 3.05) is 32.7 Å². The van der Waals surface area contributed by atoms with E-state index in [-0.39, 0.29) is 6.04 Å². The van der Waals surface area contributed by atoms with Crippen LogP contribution < -0.4 is 0 Å². The molecule has 0 saturated carbocycles. The fourth-order valence-corrected chi connectivity index (χ4v) is 5.85. The zero-order valence-electron chi connectivity index (χ0n) is 21.0. The van der Waals surface area contributed by atoms with Gasteiger partial charge in [0.2, 0.25) is 0 Å². The van der Waals surface area contributed by atoms with Gasteiger partial charge in [-0.05, 0) is 46.9 Å². The summed E-state index contributed by atoms with van der Waals surface area (Å²) in [6.07, 6.45) is 1.04. The minimum atomic E-state index is 0.249. The van der Waals surface area contributed by atoms with Gasteiger partial charge in [0.25, 0.3) is 0 Å². The van der Waals surface area contributed by atoms with Crippen LogP contribution in [0, 0.1) is 0 Å². The van der Waals surface area contributed by atoms with Crippen LogP contribution in [0.3, 0.4) is 0 Å². The van der Waals surface area contributed by atoms with Crippen LogP contribution in [-0.2, 0) is 6.42 Å². The molecule has 186 valence electrons. The second-order valence-electron chi connectivity index (χ2n) is 9.88. The quantitative estimate of drug-likeness (QED) is 0.248. The van der Waals surface area contributed by atoms with Crippen LogP contribution in [0.25, 0.3) is 22.2 Å². The van der Waals surface area contributed by atoms with Gasteiger partial charge in [0, 0.05) is 54.3 Å². The van der Waals surface area contributed by atoms with E-state index in [1.165, 1.54) is 38.9 Å². The van der Waals surface area contributed by atoms with Crippen LogP contribution in [0.5, 0.6) is 0 Å². The number of hydrogen-bond acceptors (Lipinski definition) is 2. The number of piperazine rings is 1. The minimum Gasteiger partial charge on any atom is -0.354 e. The Balaban J connectivity index is 1.18. The van der Waals surface area contributed by atoms with Crippen molar-refractivity contribution in [1.82, 2.24) is 14.8 Å². The van der Waals surface area contributed by atoms with Gasteiger partial charge in [0.05, 0.1) is 6.04 Å². The maximum absolute atomic E-state index is 6.21. The number of halogens is 1. The molecule has 0 aliphatic carbocycles. The van der Waals surface area contributed by atoms with Crippen molar-refractivity contribution in [3.63, 3.8) is 0 Å². The van der Waals surface area contributed by atoms with E-state index in [2.05, 4.69) is 112 Å². The van der Waals surface area contributed by atoms with Crippen molar-refractivity contribution in [3.8, 4) is 11.3 Å². The molecule has 1 N–H and O–H groups in total. The first kappa shape index (κ1) is 24.0. The molecule has 1 aromatic heterocycles. The molecule has 0 radical (unpaired) electrons. The van der Waals surface area contributed by atoms with Gasteiger partial charge in [-0.25, -0.2) is 0 Å². The van der Waals surface area contributed by atoms with Crippen LogP contribution in [0.1, 0.15) is 22.7 Å². The molecular weight excluding hydrogens is 474 g/mol. The number of H-pyrrole nitrogens is 1. The highest BCUT2D eigenvalue weighted by Crippen LogP contribution is 2.32. The monoisotopic (exact) mass is 505 g/mol. The largest absolute Gasteiger partial charge is 0.354 e. The third kappa shape index (κ3) is 5.21. The van der Waals surface area contributed by atoms with Gasteiger partial charge in [0.1, 0.15) is 0 Å². The van der Waals surface area contributed by atoms with Crippen LogP contribution in [-0.4, -0.2) is 47.5 Å². The Kier molecular flexibility index (Phi) is 7.09. The first-order chi connectivity index (χ1) is 18.3. The number of rotatable bonds is 7. The zero-order valence-corrected chi connectivity index (χ0v) is 21.7. The molecule has 4 aromatic carbocycles. The minimum absolute atomic E-state index is 0.249. The number of aromatic amines is 1. The smallest absolute Gasteiger partial charge is 0.0602 e. The van der Waals surface area contributed by atoms with E-state index in [0.29, 0.717) is 0 Å². The molecule has 1 aliphatic heterocycles. The fraction of sp³-hybridized carbons (Fsp3) is 0.212. The Morgan fingerprint density at radius 1 is 0.676 bits per heavy atom. The fourth-order valence-electron chi connectivity index (χ4n) is 5.72. The summed E-state index contributed by atoms with van der Waals surface area (Å²) in [7, 11) is 0. The van der Waals surface area contributed by atoms with E-state index in [4.69, 9.17) is 11.6 Å². The number of fused-ring (bicyclic) bond motifs is 1. The van der Waals surface area contributed by atoms with Gasteiger partial charge < -0.3 is 9.88 Å². The van der Waals surface area contributed by atoms with Gasteiger partial charge in [-0.3, -0.25) is 4.90 Å². The molecule has 37 heavy (non-hydrogen) atoms. The number of benzene rings is 4. The Hall–Kier alpha value is -3.37. The molecule has 1 unspecified atom stereocenters. The molecule has 0 amide bonds. The number of aromatic nitrogens is 1. The van der Waals surface area contributed by atoms with E-state index >= 15 is 0 Å². The molecule has 2 heterocycles. The average molecular weight is 506 g/mol. The summed E-state index contributed by atoms with van der Waals surface area (Å²) >= 11 is 6.21. The van der Waals surface area contributed by atoms with Gasteiger partial charge in [0.15, 0.2) is 0 Å². The SMILES string of the molecule is Clc1ccc(C(c2ccccc2)N2CCN(CCc3c(-c4ccccc4)[nH]c4ccccc34)CC2)cc1. The van der Waals surface area contributed by atoms with Gasteiger partial charge in [-0.1, -0.05) is 103 Å². The van der Waals surface area contributed by atoms with Crippen LogP contribution >= 0.6 is 11.6 Å². The van der Waals surface area contributed by atoms with E-state index < -0.39 is 0 Å². The number of nitrogens with zero attached hydrogens (tertiary/aromatic N) is 2.